The summed E-state index contributed by atoms with van der Waals surface area (Å²) in [4.78, 5) is 0. The summed E-state index contributed by atoms with van der Waals surface area (Å²) >= 11 is 0. The summed E-state index contributed by atoms with van der Waals surface area (Å²) in [5.41, 5.74) is 0.808. The normalized spacial score (nSPS) is 10.9. The number of nitrogens with zero attached hydrogens (tertiary/aromatic N) is 3. The molecule has 6 heteroatoms. The van der Waals surface area contributed by atoms with Gasteiger partial charge < -0.3 is 14.6 Å². The van der Waals surface area contributed by atoms with E-state index >= 15 is 0 Å². The van der Waals surface area contributed by atoms with Crippen molar-refractivity contribution < 1.29 is 9.13 Å². The highest BCUT2D eigenvalue weighted by molar-refractivity contribution is 5.35. The molecule has 1 heterocycles. The van der Waals surface area contributed by atoms with Crippen molar-refractivity contribution in [2.24, 2.45) is 7.05 Å². The molecule has 0 radical (unpaired) electrons. The summed E-state index contributed by atoms with van der Waals surface area (Å²) < 4.78 is 21.4. The van der Waals surface area contributed by atoms with Gasteiger partial charge in [-0.15, -0.1) is 10.2 Å². The first kappa shape index (κ1) is 15.4. The number of rotatable bonds is 7. The first-order chi connectivity index (χ1) is 10.1. The van der Waals surface area contributed by atoms with Crippen molar-refractivity contribution >= 4 is 0 Å². The SMILES string of the molecule is CCCNCc1cccc(F)c1OCc1nnc(C)n1C. The molecule has 1 N–H and O–H groups in total. The Bertz CT molecular complexity index is 597. The van der Waals surface area contributed by atoms with Gasteiger partial charge in [0.15, 0.2) is 17.4 Å². The summed E-state index contributed by atoms with van der Waals surface area (Å²) in [6.07, 6.45) is 1.03. The molecule has 0 spiro atoms. The predicted molar refractivity (Wildman–Crippen MR) is 78.5 cm³/mol. The number of ether oxygens (including phenoxy) is 1. The van der Waals surface area contributed by atoms with Crippen LogP contribution in [0.25, 0.3) is 0 Å². The van der Waals surface area contributed by atoms with Crippen LogP contribution in [0.2, 0.25) is 0 Å². The van der Waals surface area contributed by atoms with E-state index in [0.717, 1.165) is 24.4 Å². The van der Waals surface area contributed by atoms with Gasteiger partial charge in [0.1, 0.15) is 12.4 Å². The Morgan fingerprint density at radius 1 is 1.33 bits per heavy atom. The third-order valence-corrected chi connectivity index (χ3v) is 3.32. The number of aryl methyl sites for hydroxylation is 1. The zero-order valence-electron chi connectivity index (χ0n) is 12.7. The van der Waals surface area contributed by atoms with Crippen LogP contribution in [0.15, 0.2) is 18.2 Å². The lowest BCUT2D eigenvalue weighted by Gasteiger charge is -2.12. The highest BCUT2D eigenvalue weighted by atomic mass is 19.1. The molecule has 1 aromatic carbocycles. The number of halogens is 1. The molecule has 21 heavy (non-hydrogen) atoms. The van der Waals surface area contributed by atoms with Crippen LogP contribution in [-0.4, -0.2) is 21.3 Å². The van der Waals surface area contributed by atoms with Crippen molar-refractivity contribution in [1.29, 1.82) is 0 Å². The Morgan fingerprint density at radius 2 is 2.14 bits per heavy atom. The van der Waals surface area contributed by atoms with Crippen molar-refractivity contribution in [2.45, 2.75) is 33.4 Å². The summed E-state index contributed by atoms with van der Waals surface area (Å²) in [6.45, 7) is 5.61. The lowest BCUT2D eigenvalue weighted by atomic mass is 10.2. The average Bonchev–Trinajstić information content (AvgIpc) is 2.78. The van der Waals surface area contributed by atoms with Crippen molar-refractivity contribution in [1.82, 2.24) is 20.1 Å². The summed E-state index contributed by atoms with van der Waals surface area (Å²) in [5.74, 6) is 1.39. The Labute approximate surface area is 124 Å². The van der Waals surface area contributed by atoms with Crippen molar-refractivity contribution in [3.8, 4) is 5.75 Å². The lowest BCUT2D eigenvalue weighted by molar-refractivity contribution is 0.273. The third kappa shape index (κ3) is 3.78. The highest BCUT2D eigenvalue weighted by Gasteiger charge is 2.12. The fourth-order valence-corrected chi connectivity index (χ4v) is 1.97. The summed E-state index contributed by atoms with van der Waals surface area (Å²) in [5, 5.41) is 11.2. The monoisotopic (exact) mass is 292 g/mol. The average molecular weight is 292 g/mol. The number of benzene rings is 1. The zero-order chi connectivity index (χ0) is 15.2. The Kier molecular flexibility index (Phi) is 5.27. The summed E-state index contributed by atoms with van der Waals surface area (Å²) in [7, 11) is 1.86. The maximum absolute atomic E-state index is 14.0. The maximum Gasteiger partial charge on any atom is 0.170 e. The Balaban J connectivity index is 2.09. The first-order valence-corrected chi connectivity index (χ1v) is 7.09. The van der Waals surface area contributed by atoms with Crippen molar-refractivity contribution in [3.63, 3.8) is 0 Å². The topological polar surface area (TPSA) is 52.0 Å². The molecule has 0 aliphatic heterocycles. The molecule has 0 saturated carbocycles. The van der Waals surface area contributed by atoms with Gasteiger partial charge in [-0.25, -0.2) is 4.39 Å². The molecule has 114 valence electrons. The van der Waals surface area contributed by atoms with E-state index in [4.69, 9.17) is 4.74 Å². The predicted octanol–water partition coefficient (Wildman–Crippen LogP) is 2.34. The van der Waals surface area contributed by atoms with Crippen LogP contribution < -0.4 is 10.1 Å². The molecule has 0 saturated heterocycles. The second kappa shape index (κ2) is 7.17. The molecule has 0 atom stereocenters. The fraction of sp³-hybridized carbons (Fsp3) is 0.467. The minimum absolute atomic E-state index is 0.194. The van der Waals surface area contributed by atoms with E-state index < -0.39 is 0 Å². The molecule has 0 amide bonds. The molecule has 0 bridgehead atoms. The van der Waals surface area contributed by atoms with E-state index in [1.54, 1.807) is 6.07 Å². The van der Waals surface area contributed by atoms with Gasteiger partial charge in [-0.2, -0.15) is 0 Å². The quantitative estimate of drug-likeness (QED) is 0.796. The van der Waals surface area contributed by atoms with Crippen molar-refractivity contribution in [2.75, 3.05) is 6.54 Å². The van der Waals surface area contributed by atoms with Crippen molar-refractivity contribution in [3.05, 3.63) is 41.2 Å². The molecular weight excluding hydrogens is 271 g/mol. The highest BCUT2D eigenvalue weighted by Crippen LogP contribution is 2.23. The molecule has 0 aliphatic carbocycles. The van der Waals surface area contributed by atoms with E-state index in [9.17, 15) is 4.39 Å². The smallest absolute Gasteiger partial charge is 0.170 e. The minimum Gasteiger partial charge on any atom is -0.482 e. The number of nitrogens with one attached hydrogen (secondary N) is 1. The fourth-order valence-electron chi connectivity index (χ4n) is 1.97. The van der Waals surface area contributed by atoms with Gasteiger partial charge in [0.25, 0.3) is 0 Å². The minimum atomic E-state index is -0.357. The van der Waals surface area contributed by atoms with E-state index in [1.807, 2.05) is 24.6 Å². The van der Waals surface area contributed by atoms with Gasteiger partial charge in [0, 0.05) is 19.2 Å². The molecule has 1 aromatic heterocycles. The van der Waals surface area contributed by atoms with Gasteiger partial charge >= 0.3 is 0 Å². The lowest BCUT2D eigenvalue weighted by Crippen LogP contribution is -2.15. The van der Waals surface area contributed by atoms with E-state index in [1.165, 1.54) is 6.07 Å². The van der Waals surface area contributed by atoms with E-state index in [-0.39, 0.29) is 18.2 Å². The second-order valence-electron chi connectivity index (χ2n) is 4.92. The van der Waals surface area contributed by atoms with Crippen LogP contribution in [0.4, 0.5) is 4.39 Å². The van der Waals surface area contributed by atoms with Crippen LogP contribution in [0.1, 0.15) is 30.6 Å². The van der Waals surface area contributed by atoms with Gasteiger partial charge in [-0.3, -0.25) is 0 Å². The largest absolute Gasteiger partial charge is 0.482 e. The molecule has 5 nitrogen and oxygen atoms in total. The first-order valence-electron chi connectivity index (χ1n) is 7.09. The van der Waals surface area contributed by atoms with Crippen LogP contribution in [0.5, 0.6) is 5.75 Å². The van der Waals surface area contributed by atoms with Gasteiger partial charge in [0.05, 0.1) is 0 Å². The second-order valence-corrected chi connectivity index (χ2v) is 4.92. The number of para-hydroxylation sites is 1. The number of aromatic nitrogens is 3. The maximum atomic E-state index is 14.0. The molecular formula is C15H21FN4O. The zero-order valence-corrected chi connectivity index (χ0v) is 12.7. The van der Waals surface area contributed by atoms with Crippen LogP contribution in [-0.2, 0) is 20.2 Å². The summed E-state index contributed by atoms with van der Waals surface area (Å²) in [6, 6.07) is 4.96. The Hall–Kier alpha value is -1.95. The Morgan fingerprint density at radius 3 is 2.81 bits per heavy atom. The van der Waals surface area contributed by atoms with Gasteiger partial charge in [-0.1, -0.05) is 19.1 Å². The van der Waals surface area contributed by atoms with E-state index in [0.29, 0.717) is 12.4 Å². The third-order valence-electron chi connectivity index (χ3n) is 3.32. The van der Waals surface area contributed by atoms with E-state index in [2.05, 4.69) is 22.4 Å². The molecule has 0 unspecified atom stereocenters. The molecule has 0 fully saturated rings. The molecule has 2 aromatic rings. The number of hydrogen-bond acceptors (Lipinski definition) is 4. The molecule has 2 rings (SSSR count). The van der Waals surface area contributed by atoms with Crippen LogP contribution in [0, 0.1) is 12.7 Å². The number of hydrogen-bond donors (Lipinski definition) is 1. The van der Waals surface area contributed by atoms with Crippen LogP contribution in [0.3, 0.4) is 0 Å². The standard InChI is InChI=1S/C15H21FN4O/c1-4-8-17-9-12-6-5-7-13(16)15(12)21-10-14-19-18-11(2)20(14)3/h5-7,17H,4,8-10H2,1-3H3. The molecule has 0 aliphatic rings. The van der Waals surface area contributed by atoms with Gasteiger partial charge in [0.2, 0.25) is 0 Å². The van der Waals surface area contributed by atoms with Crippen LogP contribution >= 0.6 is 0 Å². The van der Waals surface area contributed by atoms with Gasteiger partial charge in [-0.05, 0) is 26.0 Å².